The van der Waals surface area contributed by atoms with Gasteiger partial charge in [-0.25, -0.2) is 4.98 Å². The predicted molar refractivity (Wildman–Crippen MR) is 130 cm³/mol. The molecular weight excluding hydrogens is 412 g/mol. The number of imidazole rings is 1. The van der Waals surface area contributed by atoms with Crippen LogP contribution in [0, 0.1) is 5.92 Å². The van der Waals surface area contributed by atoms with Crippen molar-refractivity contribution in [1.29, 1.82) is 0 Å². The molecule has 1 aliphatic heterocycles. The third-order valence-electron chi connectivity index (χ3n) is 6.35. The molecule has 0 aliphatic carbocycles. The quantitative estimate of drug-likeness (QED) is 0.556. The van der Waals surface area contributed by atoms with Gasteiger partial charge < -0.3 is 10.2 Å². The monoisotopic (exact) mass is 446 g/mol. The van der Waals surface area contributed by atoms with E-state index in [2.05, 4.69) is 36.3 Å². The summed E-state index contributed by atoms with van der Waals surface area (Å²) in [6.07, 6.45) is 6.44. The molecule has 1 N–H and O–H groups in total. The van der Waals surface area contributed by atoms with E-state index in [9.17, 15) is 9.59 Å². The summed E-state index contributed by atoms with van der Waals surface area (Å²) in [4.78, 5) is 32.3. The zero-order chi connectivity index (χ0) is 23.2. The Morgan fingerprint density at radius 2 is 1.76 bits per heavy atom. The molecule has 1 saturated heterocycles. The third kappa shape index (κ3) is 5.81. The fourth-order valence-corrected chi connectivity index (χ4v) is 4.68. The minimum absolute atomic E-state index is 0.114. The summed E-state index contributed by atoms with van der Waals surface area (Å²) in [5.41, 5.74) is 3.16. The molecule has 1 atom stereocenters. The van der Waals surface area contributed by atoms with Crippen molar-refractivity contribution >= 4 is 17.5 Å². The van der Waals surface area contributed by atoms with Crippen molar-refractivity contribution in [1.82, 2.24) is 19.6 Å². The first-order valence-corrected chi connectivity index (χ1v) is 12.1. The highest BCUT2D eigenvalue weighted by Crippen LogP contribution is 2.23. The second kappa shape index (κ2) is 10.6. The van der Waals surface area contributed by atoms with Crippen LogP contribution in [-0.2, 0) is 11.2 Å². The van der Waals surface area contributed by atoms with E-state index < -0.39 is 0 Å². The van der Waals surface area contributed by atoms with Gasteiger partial charge in [0.2, 0.25) is 5.91 Å². The van der Waals surface area contributed by atoms with Gasteiger partial charge in [0.1, 0.15) is 11.3 Å². The van der Waals surface area contributed by atoms with Crippen molar-refractivity contribution in [3.63, 3.8) is 0 Å². The fourth-order valence-electron chi connectivity index (χ4n) is 4.68. The number of hydrogen-bond donors (Lipinski definition) is 1. The second-order valence-corrected chi connectivity index (χ2v) is 9.44. The first-order chi connectivity index (χ1) is 16.0. The highest BCUT2D eigenvalue weighted by Gasteiger charge is 2.20. The zero-order valence-electron chi connectivity index (χ0n) is 19.7. The molecular formula is C27H34N4O2. The lowest BCUT2D eigenvalue weighted by atomic mass is 9.90. The highest BCUT2D eigenvalue weighted by atomic mass is 16.2. The molecule has 0 bridgehead atoms. The summed E-state index contributed by atoms with van der Waals surface area (Å²) in [6, 6.07) is 15.9. The molecule has 1 fully saturated rings. The first-order valence-electron chi connectivity index (χ1n) is 12.1. The zero-order valence-corrected chi connectivity index (χ0v) is 19.7. The fraction of sp³-hybridized carbons (Fsp3) is 0.444. The Morgan fingerprint density at radius 3 is 2.48 bits per heavy atom. The number of piperidine rings is 1. The molecule has 2 aromatic heterocycles. The SMILES string of the molecule is CC(C)CC(CNC(=O)c1cccc2nc(CC(=O)N3CCCCC3)cn12)c1ccccc1. The smallest absolute Gasteiger partial charge is 0.268 e. The van der Waals surface area contributed by atoms with Gasteiger partial charge in [-0.2, -0.15) is 0 Å². The van der Waals surface area contributed by atoms with Crippen LogP contribution >= 0.6 is 0 Å². The minimum Gasteiger partial charge on any atom is -0.350 e. The van der Waals surface area contributed by atoms with Crippen LogP contribution in [0.3, 0.4) is 0 Å². The van der Waals surface area contributed by atoms with Crippen molar-refractivity contribution in [2.24, 2.45) is 5.92 Å². The Bertz CT molecular complexity index is 1080. The number of rotatable bonds is 8. The van der Waals surface area contributed by atoms with Gasteiger partial charge in [0.05, 0.1) is 12.1 Å². The average molecular weight is 447 g/mol. The normalized spacial score (nSPS) is 15.1. The van der Waals surface area contributed by atoms with Crippen LogP contribution in [-0.4, -0.2) is 45.7 Å². The van der Waals surface area contributed by atoms with Crippen LogP contribution in [0.2, 0.25) is 0 Å². The van der Waals surface area contributed by atoms with Crippen LogP contribution in [0.15, 0.2) is 54.7 Å². The molecule has 0 spiro atoms. The number of nitrogens with zero attached hydrogens (tertiary/aromatic N) is 3. The lowest BCUT2D eigenvalue weighted by molar-refractivity contribution is -0.131. The lowest BCUT2D eigenvalue weighted by Crippen LogP contribution is -2.36. The van der Waals surface area contributed by atoms with Crippen LogP contribution in [0.4, 0.5) is 0 Å². The van der Waals surface area contributed by atoms with Crippen LogP contribution in [0.5, 0.6) is 0 Å². The van der Waals surface area contributed by atoms with Crippen LogP contribution < -0.4 is 5.32 Å². The lowest BCUT2D eigenvalue weighted by Gasteiger charge is -2.26. The van der Waals surface area contributed by atoms with Gasteiger partial charge in [-0.05, 0) is 49.3 Å². The van der Waals surface area contributed by atoms with Crippen molar-refractivity contribution in [3.05, 3.63) is 71.7 Å². The van der Waals surface area contributed by atoms with Crippen molar-refractivity contribution in [2.45, 2.75) is 51.9 Å². The molecule has 33 heavy (non-hydrogen) atoms. The molecule has 1 unspecified atom stereocenters. The number of likely N-dealkylation sites (tertiary alicyclic amines) is 1. The maximum Gasteiger partial charge on any atom is 0.268 e. The van der Waals surface area contributed by atoms with Gasteiger partial charge in [0, 0.05) is 31.7 Å². The summed E-state index contributed by atoms with van der Waals surface area (Å²) in [7, 11) is 0. The van der Waals surface area contributed by atoms with Gasteiger partial charge in [0.25, 0.3) is 5.91 Å². The molecule has 6 nitrogen and oxygen atoms in total. The Balaban J connectivity index is 1.46. The molecule has 174 valence electrons. The standard InChI is InChI=1S/C27H34N4O2/c1-20(2)16-22(21-10-5-3-6-11-21)18-28-27(33)24-12-9-13-25-29-23(19-31(24)25)17-26(32)30-14-7-4-8-15-30/h3,5-6,9-13,19-20,22H,4,7-8,14-18H2,1-2H3,(H,28,33). The van der Waals surface area contributed by atoms with Crippen LogP contribution in [0.25, 0.3) is 5.65 Å². The number of carbonyl (C=O) groups excluding carboxylic acids is 2. The number of carbonyl (C=O) groups is 2. The third-order valence-corrected chi connectivity index (χ3v) is 6.35. The van der Waals surface area contributed by atoms with Gasteiger partial charge in [0.15, 0.2) is 0 Å². The number of fused-ring (bicyclic) bond motifs is 1. The second-order valence-electron chi connectivity index (χ2n) is 9.44. The average Bonchev–Trinajstić information content (AvgIpc) is 3.25. The van der Waals surface area contributed by atoms with E-state index in [1.54, 1.807) is 10.5 Å². The van der Waals surface area contributed by atoms with E-state index in [4.69, 9.17) is 0 Å². The Hall–Kier alpha value is -3.15. The number of aromatic nitrogens is 2. The first kappa shape index (κ1) is 23.0. The molecule has 1 aromatic carbocycles. The maximum atomic E-state index is 13.1. The number of hydrogen-bond acceptors (Lipinski definition) is 3. The van der Waals surface area contributed by atoms with E-state index in [0.717, 1.165) is 32.4 Å². The number of benzene rings is 1. The van der Waals surface area contributed by atoms with E-state index in [1.165, 1.54) is 12.0 Å². The summed E-state index contributed by atoms with van der Waals surface area (Å²) in [5, 5.41) is 3.13. The molecule has 0 saturated carbocycles. The Labute approximate surface area is 196 Å². The van der Waals surface area contributed by atoms with E-state index in [1.807, 2.05) is 41.4 Å². The van der Waals surface area contributed by atoms with Crippen LogP contribution in [0.1, 0.15) is 67.2 Å². The van der Waals surface area contributed by atoms with Gasteiger partial charge >= 0.3 is 0 Å². The van der Waals surface area contributed by atoms with Gasteiger partial charge in [-0.3, -0.25) is 14.0 Å². The highest BCUT2D eigenvalue weighted by molar-refractivity contribution is 5.93. The van der Waals surface area contributed by atoms with Gasteiger partial charge in [-0.1, -0.05) is 50.2 Å². The number of amides is 2. The van der Waals surface area contributed by atoms with E-state index >= 15 is 0 Å². The molecule has 3 aromatic rings. The number of nitrogens with one attached hydrogen (secondary N) is 1. The van der Waals surface area contributed by atoms with Crippen molar-refractivity contribution in [2.75, 3.05) is 19.6 Å². The molecule has 0 radical (unpaired) electrons. The number of pyridine rings is 1. The molecule has 1 aliphatic rings. The molecule has 2 amide bonds. The maximum absolute atomic E-state index is 13.1. The summed E-state index contributed by atoms with van der Waals surface area (Å²) >= 11 is 0. The van der Waals surface area contributed by atoms with E-state index in [-0.39, 0.29) is 24.2 Å². The largest absolute Gasteiger partial charge is 0.350 e. The minimum atomic E-state index is -0.128. The van der Waals surface area contributed by atoms with E-state index in [0.29, 0.717) is 29.5 Å². The van der Waals surface area contributed by atoms with Crippen molar-refractivity contribution < 1.29 is 9.59 Å². The molecule has 4 rings (SSSR count). The summed E-state index contributed by atoms with van der Waals surface area (Å²) < 4.78 is 1.80. The topological polar surface area (TPSA) is 66.7 Å². The Morgan fingerprint density at radius 1 is 1.00 bits per heavy atom. The van der Waals surface area contributed by atoms with Gasteiger partial charge in [-0.15, -0.1) is 0 Å². The van der Waals surface area contributed by atoms with Crippen molar-refractivity contribution in [3.8, 4) is 0 Å². The summed E-state index contributed by atoms with van der Waals surface area (Å²) in [5.74, 6) is 0.777. The predicted octanol–water partition coefficient (Wildman–Crippen LogP) is 4.45. The molecule has 6 heteroatoms. The molecule has 3 heterocycles. The Kier molecular flexibility index (Phi) is 7.43. The summed E-state index contributed by atoms with van der Waals surface area (Å²) in [6.45, 7) is 6.65.